The zero-order chi connectivity index (χ0) is 17.4. The van der Waals surface area contributed by atoms with Crippen LogP contribution in [0.2, 0.25) is 0 Å². The van der Waals surface area contributed by atoms with E-state index in [1.165, 1.54) is 0 Å². The predicted molar refractivity (Wildman–Crippen MR) is 94.9 cm³/mol. The number of hydrazone groups is 1. The summed E-state index contributed by atoms with van der Waals surface area (Å²) in [4.78, 5) is 12.1. The van der Waals surface area contributed by atoms with E-state index in [9.17, 15) is 4.79 Å². The van der Waals surface area contributed by atoms with E-state index < -0.39 is 0 Å². The Balaban J connectivity index is 2.05. The van der Waals surface area contributed by atoms with Crippen LogP contribution in [0.25, 0.3) is 0 Å². The Labute approximate surface area is 141 Å². The summed E-state index contributed by atoms with van der Waals surface area (Å²) < 4.78 is 10.8. The van der Waals surface area contributed by atoms with E-state index in [4.69, 9.17) is 9.47 Å². The second-order valence-electron chi connectivity index (χ2n) is 5.02. The van der Waals surface area contributed by atoms with Crippen molar-refractivity contribution < 1.29 is 14.3 Å². The summed E-state index contributed by atoms with van der Waals surface area (Å²) in [5, 5.41) is 3.99. The van der Waals surface area contributed by atoms with E-state index in [-0.39, 0.29) is 5.91 Å². The number of nitrogens with one attached hydrogen (secondary N) is 1. The van der Waals surface area contributed by atoms with Crippen LogP contribution < -0.4 is 14.9 Å². The van der Waals surface area contributed by atoms with Crippen molar-refractivity contribution in [2.75, 3.05) is 13.7 Å². The third-order valence-electron chi connectivity index (χ3n) is 3.31. The van der Waals surface area contributed by atoms with Crippen molar-refractivity contribution in [3.63, 3.8) is 0 Å². The fourth-order valence-corrected chi connectivity index (χ4v) is 2.09. The second kappa shape index (κ2) is 8.53. The van der Waals surface area contributed by atoms with E-state index in [2.05, 4.69) is 17.1 Å². The average Bonchev–Trinajstić information content (AvgIpc) is 2.60. The summed E-state index contributed by atoms with van der Waals surface area (Å²) in [6.07, 6.45) is 3.21. The molecule has 124 valence electrons. The van der Waals surface area contributed by atoms with Gasteiger partial charge >= 0.3 is 0 Å². The molecule has 0 unspecified atom stereocenters. The number of aryl methyl sites for hydroxylation is 1. The van der Waals surface area contributed by atoms with Gasteiger partial charge in [0.2, 0.25) is 0 Å². The van der Waals surface area contributed by atoms with Crippen LogP contribution in [0.1, 0.15) is 21.5 Å². The van der Waals surface area contributed by atoms with E-state index in [0.717, 1.165) is 11.1 Å². The summed E-state index contributed by atoms with van der Waals surface area (Å²) in [5.41, 5.74) is 4.80. The van der Waals surface area contributed by atoms with Gasteiger partial charge in [0.25, 0.3) is 5.91 Å². The van der Waals surface area contributed by atoms with Crippen molar-refractivity contribution in [1.82, 2.24) is 5.43 Å². The lowest BCUT2D eigenvalue weighted by molar-refractivity contribution is 0.0954. The summed E-state index contributed by atoms with van der Waals surface area (Å²) in [7, 11) is 1.57. The first-order chi connectivity index (χ1) is 11.7. The highest BCUT2D eigenvalue weighted by atomic mass is 16.5. The summed E-state index contributed by atoms with van der Waals surface area (Å²) in [6, 6.07) is 12.7. The fraction of sp³-hybridized carbons (Fsp3) is 0.158. The molecule has 0 spiro atoms. The molecule has 0 heterocycles. The predicted octanol–water partition coefficient (Wildman–Crippen LogP) is 3.33. The third kappa shape index (κ3) is 4.46. The van der Waals surface area contributed by atoms with Gasteiger partial charge in [0, 0.05) is 5.56 Å². The molecule has 0 aliphatic rings. The molecule has 1 amide bonds. The van der Waals surface area contributed by atoms with E-state index in [1.54, 1.807) is 37.6 Å². The number of carbonyl (C=O) groups is 1. The molecule has 0 radical (unpaired) electrons. The Morgan fingerprint density at radius 2 is 2.04 bits per heavy atom. The molecular formula is C19H20N2O3. The van der Waals surface area contributed by atoms with Crippen LogP contribution in [-0.2, 0) is 0 Å². The Bertz CT molecular complexity index is 754. The fourth-order valence-electron chi connectivity index (χ4n) is 2.09. The number of hydrogen-bond acceptors (Lipinski definition) is 4. The first kappa shape index (κ1) is 17.3. The molecule has 5 heteroatoms. The zero-order valence-corrected chi connectivity index (χ0v) is 13.8. The largest absolute Gasteiger partial charge is 0.493 e. The summed E-state index contributed by atoms with van der Waals surface area (Å²) in [5.74, 6) is 0.965. The first-order valence-corrected chi connectivity index (χ1v) is 7.46. The number of rotatable bonds is 7. The van der Waals surface area contributed by atoms with E-state index in [0.29, 0.717) is 23.7 Å². The molecule has 0 fully saturated rings. The van der Waals surface area contributed by atoms with Crippen LogP contribution in [0.3, 0.4) is 0 Å². The minimum Gasteiger partial charge on any atom is -0.493 e. The summed E-state index contributed by atoms with van der Waals surface area (Å²) in [6.45, 7) is 5.89. The first-order valence-electron chi connectivity index (χ1n) is 7.46. The lowest BCUT2D eigenvalue weighted by Crippen LogP contribution is -2.18. The number of hydrogen-bond donors (Lipinski definition) is 1. The molecule has 24 heavy (non-hydrogen) atoms. The van der Waals surface area contributed by atoms with Crippen LogP contribution in [-0.4, -0.2) is 25.8 Å². The highest BCUT2D eigenvalue weighted by molar-refractivity contribution is 5.96. The van der Waals surface area contributed by atoms with Crippen molar-refractivity contribution in [1.29, 1.82) is 0 Å². The maximum absolute atomic E-state index is 12.1. The van der Waals surface area contributed by atoms with E-state index >= 15 is 0 Å². The average molecular weight is 324 g/mol. The van der Waals surface area contributed by atoms with Crippen LogP contribution >= 0.6 is 0 Å². The van der Waals surface area contributed by atoms with Gasteiger partial charge in [0.1, 0.15) is 6.61 Å². The van der Waals surface area contributed by atoms with Gasteiger partial charge < -0.3 is 9.47 Å². The third-order valence-corrected chi connectivity index (χ3v) is 3.31. The van der Waals surface area contributed by atoms with Crippen LogP contribution in [0.5, 0.6) is 11.5 Å². The molecule has 0 saturated carbocycles. The normalized spacial score (nSPS) is 10.4. The maximum Gasteiger partial charge on any atom is 0.271 e. The van der Waals surface area contributed by atoms with Crippen LogP contribution in [0, 0.1) is 6.92 Å². The van der Waals surface area contributed by atoms with Gasteiger partial charge in [-0.3, -0.25) is 4.79 Å². The topological polar surface area (TPSA) is 59.9 Å². The maximum atomic E-state index is 12.1. The van der Waals surface area contributed by atoms with Gasteiger partial charge in [-0.25, -0.2) is 5.43 Å². The molecule has 0 atom stereocenters. The molecule has 0 saturated heterocycles. The van der Waals surface area contributed by atoms with E-state index in [1.807, 2.05) is 31.2 Å². The highest BCUT2D eigenvalue weighted by Gasteiger charge is 2.07. The minimum atomic E-state index is -0.248. The lowest BCUT2D eigenvalue weighted by atomic mass is 10.1. The Hall–Kier alpha value is -3.08. The molecule has 0 bridgehead atoms. The standard InChI is InChI=1S/C19H20N2O3/c1-4-11-24-17-10-9-15(12-18(17)23-3)13-20-21-19(22)16-8-6-5-7-14(16)2/h4-10,12-13H,1,11H2,2-3H3,(H,21,22)/b20-13-. The number of carbonyl (C=O) groups excluding carboxylic acids is 1. The number of amides is 1. The molecular weight excluding hydrogens is 304 g/mol. The number of benzene rings is 2. The summed E-state index contributed by atoms with van der Waals surface area (Å²) >= 11 is 0. The molecule has 1 N–H and O–H groups in total. The quantitative estimate of drug-likeness (QED) is 0.483. The van der Waals surface area contributed by atoms with Crippen molar-refractivity contribution in [3.05, 3.63) is 71.8 Å². The van der Waals surface area contributed by atoms with Crippen LogP contribution in [0.4, 0.5) is 0 Å². The van der Waals surface area contributed by atoms with Crippen molar-refractivity contribution >= 4 is 12.1 Å². The molecule has 2 aromatic carbocycles. The smallest absolute Gasteiger partial charge is 0.271 e. The van der Waals surface area contributed by atoms with Gasteiger partial charge in [0.15, 0.2) is 11.5 Å². The SMILES string of the molecule is C=CCOc1ccc(/C=N\NC(=O)c2ccccc2C)cc1OC. The van der Waals surface area contributed by atoms with Gasteiger partial charge in [-0.1, -0.05) is 30.9 Å². The second-order valence-corrected chi connectivity index (χ2v) is 5.02. The molecule has 5 nitrogen and oxygen atoms in total. The molecule has 0 aromatic heterocycles. The molecule has 0 aliphatic carbocycles. The van der Waals surface area contributed by atoms with Crippen LogP contribution in [0.15, 0.2) is 60.2 Å². The molecule has 2 rings (SSSR count). The lowest BCUT2D eigenvalue weighted by Gasteiger charge is -2.09. The van der Waals surface area contributed by atoms with Crippen molar-refractivity contribution in [3.8, 4) is 11.5 Å². The molecule has 2 aromatic rings. The minimum absolute atomic E-state index is 0.248. The number of ether oxygens (including phenoxy) is 2. The number of nitrogens with zero attached hydrogens (tertiary/aromatic N) is 1. The van der Waals surface area contributed by atoms with Crippen molar-refractivity contribution in [2.24, 2.45) is 5.10 Å². The Morgan fingerprint density at radius 3 is 2.75 bits per heavy atom. The zero-order valence-electron chi connectivity index (χ0n) is 13.8. The van der Waals surface area contributed by atoms with Gasteiger partial charge in [-0.2, -0.15) is 5.10 Å². The highest BCUT2D eigenvalue weighted by Crippen LogP contribution is 2.27. The van der Waals surface area contributed by atoms with Gasteiger partial charge in [0.05, 0.1) is 13.3 Å². The molecule has 0 aliphatic heterocycles. The van der Waals surface area contributed by atoms with Gasteiger partial charge in [-0.15, -0.1) is 0 Å². The Kier molecular flexibility index (Phi) is 6.14. The number of methoxy groups -OCH3 is 1. The monoisotopic (exact) mass is 324 g/mol. The van der Waals surface area contributed by atoms with Crippen molar-refractivity contribution in [2.45, 2.75) is 6.92 Å². The van der Waals surface area contributed by atoms with Gasteiger partial charge in [-0.05, 0) is 42.3 Å². The Morgan fingerprint density at radius 1 is 1.25 bits per heavy atom.